The Morgan fingerprint density at radius 3 is 2.39 bits per heavy atom. The number of piperidine rings is 1. The minimum Gasteiger partial charge on any atom is -0.444 e. The van der Waals surface area contributed by atoms with Gasteiger partial charge in [-0.05, 0) is 39.5 Å². The maximum Gasteiger partial charge on any atom is 0.410 e. The van der Waals surface area contributed by atoms with Gasteiger partial charge >= 0.3 is 6.09 Å². The summed E-state index contributed by atoms with van der Waals surface area (Å²) in [6.45, 7) is 6.82. The lowest BCUT2D eigenvalue weighted by atomic mass is 9.94. The minimum absolute atomic E-state index is 0.0249. The molecule has 18 heavy (non-hydrogen) atoms. The largest absolute Gasteiger partial charge is 0.444 e. The molecule has 1 fully saturated rings. The van der Waals surface area contributed by atoms with Gasteiger partial charge in [-0.1, -0.05) is 0 Å². The zero-order chi connectivity index (χ0) is 13.8. The van der Waals surface area contributed by atoms with Crippen molar-refractivity contribution in [2.24, 2.45) is 5.92 Å². The Morgan fingerprint density at radius 2 is 1.94 bits per heavy atom. The molecule has 0 aromatic heterocycles. The Balaban J connectivity index is 2.30. The zero-order valence-corrected chi connectivity index (χ0v) is 11.3. The quantitative estimate of drug-likeness (QED) is 0.575. The van der Waals surface area contributed by atoms with Gasteiger partial charge in [-0.3, -0.25) is 10.1 Å². The monoisotopic (exact) mass is 258 g/mol. The fourth-order valence-corrected chi connectivity index (χ4v) is 2.02. The van der Waals surface area contributed by atoms with E-state index in [-0.39, 0.29) is 17.6 Å². The molecule has 0 atom stereocenters. The van der Waals surface area contributed by atoms with Crippen LogP contribution in [0.4, 0.5) is 4.79 Å². The van der Waals surface area contributed by atoms with Gasteiger partial charge in [0.1, 0.15) is 5.60 Å². The summed E-state index contributed by atoms with van der Waals surface area (Å²) in [5.41, 5.74) is -0.473. The second kappa shape index (κ2) is 6.02. The molecule has 0 aliphatic carbocycles. The third kappa shape index (κ3) is 5.33. The maximum atomic E-state index is 11.8. The molecule has 6 heteroatoms. The van der Waals surface area contributed by atoms with Gasteiger partial charge in [-0.15, -0.1) is 0 Å². The van der Waals surface area contributed by atoms with Crippen molar-refractivity contribution in [1.29, 1.82) is 0 Å². The van der Waals surface area contributed by atoms with Crippen LogP contribution in [-0.4, -0.2) is 41.2 Å². The molecule has 0 spiro atoms. The van der Waals surface area contributed by atoms with Crippen LogP contribution < -0.4 is 0 Å². The van der Waals surface area contributed by atoms with Crippen LogP contribution >= 0.6 is 0 Å². The second-order valence-corrected chi connectivity index (χ2v) is 5.76. The first-order valence-electron chi connectivity index (χ1n) is 6.37. The van der Waals surface area contributed by atoms with E-state index in [0.29, 0.717) is 25.4 Å². The van der Waals surface area contributed by atoms with Crippen molar-refractivity contribution in [1.82, 2.24) is 4.90 Å². The van der Waals surface area contributed by atoms with Crippen LogP contribution in [0, 0.1) is 16.0 Å². The fraction of sp³-hybridized carbons (Fsp3) is 0.917. The van der Waals surface area contributed by atoms with E-state index < -0.39 is 5.60 Å². The molecule has 1 aliphatic rings. The molecule has 0 unspecified atom stereocenters. The highest BCUT2D eigenvalue weighted by atomic mass is 16.6. The van der Waals surface area contributed by atoms with E-state index in [1.54, 1.807) is 4.90 Å². The Hall–Kier alpha value is -1.33. The molecule has 0 saturated carbocycles. The summed E-state index contributed by atoms with van der Waals surface area (Å²) in [5, 5.41) is 10.3. The molecule has 1 amide bonds. The number of hydrogen-bond donors (Lipinski definition) is 0. The molecule has 1 heterocycles. The van der Waals surface area contributed by atoms with E-state index in [9.17, 15) is 14.9 Å². The van der Waals surface area contributed by atoms with E-state index in [4.69, 9.17) is 4.74 Å². The SMILES string of the molecule is CC(C)(C)OC(=O)N1CCC(CC[N+](=O)[O-])CC1. The van der Waals surface area contributed by atoms with Gasteiger partial charge in [0, 0.05) is 24.4 Å². The normalized spacial score (nSPS) is 17.6. The number of ether oxygens (including phenoxy) is 1. The van der Waals surface area contributed by atoms with E-state index in [1.807, 2.05) is 20.8 Å². The van der Waals surface area contributed by atoms with Crippen molar-refractivity contribution in [3.63, 3.8) is 0 Å². The molecule has 0 radical (unpaired) electrons. The molecule has 1 aliphatic heterocycles. The summed E-state index contributed by atoms with van der Waals surface area (Å²) >= 11 is 0. The number of hydrogen-bond acceptors (Lipinski definition) is 4. The Bertz CT molecular complexity index is 304. The summed E-state index contributed by atoms with van der Waals surface area (Å²) in [4.78, 5) is 23.5. The lowest BCUT2D eigenvalue weighted by molar-refractivity contribution is -0.481. The third-order valence-electron chi connectivity index (χ3n) is 2.99. The van der Waals surface area contributed by atoms with Crippen LogP contribution in [0.15, 0.2) is 0 Å². The standard InChI is InChI=1S/C12H22N2O4/c1-12(2,3)18-11(15)13-7-4-10(5-8-13)6-9-14(16)17/h10H,4-9H2,1-3H3. The van der Waals surface area contributed by atoms with Crippen molar-refractivity contribution in [2.45, 2.75) is 45.6 Å². The molecule has 1 rings (SSSR count). The molecule has 1 saturated heterocycles. The van der Waals surface area contributed by atoms with Crippen LogP contribution in [0.2, 0.25) is 0 Å². The Morgan fingerprint density at radius 1 is 1.39 bits per heavy atom. The number of nitro groups is 1. The molecule has 0 N–H and O–H groups in total. The van der Waals surface area contributed by atoms with Crippen molar-refractivity contribution >= 4 is 6.09 Å². The summed E-state index contributed by atoms with van der Waals surface area (Å²) in [6.07, 6.45) is 1.98. The van der Waals surface area contributed by atoms with Crippen molar-refractivity contribution < 1.29 is 14.5 Å². The smallest absolute Gasteiger partial charge is 0.410 e. The zero-order valence-electron chi connectivity index (χ0n) is 11.3. The van der Waals surface area contributed by atoms with Gasteiger partial charge in [0.05, 0.1) is 0 Å². The predicted molar refractivity (Wildman–Crippen MR) is 67.0 cm³/mol. The number of carbonyl (C=O) groups is 1. The van der Waals surface area contributed by atoms with Gasteiger partial charge in [0.2, 0.25) is 6.54 Å². The molecule has 0 aromatic carbocycles. The van der Waals surface area contributed by atoms with Crippen LogP contribution in [0.1, 0.15) is 40.0 Å². The highest BCUT2D eigenvalue weighted by Crippen LogP contribution is 2.22. The predicted octanol–water partition coefficient (Wildman–Crippen LogP) is 2.30. The van der Waals surface area contributed by atoms with Crippen LogP contribution in [0.3, 0.4) is 0 Å². The number of carbonyl (C=O) groups excluding carboxylic acids is 1. The maximum absolute atomic E-state index is 11.8. The van der Waals surface area contributed by atoms with Crippen LogP contribution in [0.25, 0.3) is 0 Å². The molecule has 0 aromatic rings. The van der Waals surface area contributed by atoms with E-state index in [0.717, 1.165) is 12.8 Å². The van der Waals surface area contributed by atoms with Gasteiger partial charge < -0.3 is 9.64 Å². The van der Waals surface area contributed by atoms with E-state index >= 15 is 0 Å². The van der Waals surface area contributed by atoms with E-state index in [2.05, 4.69) is 0 Å². The van der Waals surface area contributed by atoms with Crippen molar-refractivity contribution in [3.05, 3.63) is 10.1 Å². The Labute approximate surface area is 107 Å². The van der Waals surface area contributed by atoms with E-state index in [1.165, 1.54) is 0 Å². The van der Waals surface area contributed by atoms with Crippen molar-refractivity contribution in [3.8, 4) is 0 Å². The lowest BCUT2D eigenvalue weighted by Crippen LogP contribution is -2.41. The highest BCUT2D eigenvalue weighted by molar-refractivity contribution is 5.68. The number of rotatable bonds is 3. The Kier molecular flexibility index (Phi) is 4.93. The number of amides is 1. The first kappa shape index (κ1) is 14.7. The first-order valence-corrected chi connectivity index (χ1v) is 6.37. The molecular weight excluding hydrogens is 236 g/mol. The summed E-state index contributed by atoms with van der Waals surface area (Å²) in [7, 11) is 0. The third-order valence-corrected chi connectivity index (χ3v) is 2.99. The lowest BCUT2D eigenvalue weighted by Gasteiger charge is -2.33. The summed E-state index contributed by atoms with van der Waals surface area (Å²) in [6, 6.07) is 0. The van der Waals surface area contributed by atoms with Crippen molar-refractivity contribution in [2.75, 3.05) is 19.6 Å². The second-order valence-electron chi connectivity index (χ2n) is 5.76. The van der Waals surface area contributed by atoms with Gasteiger partial charge in [-0.2, -0.15) is 0 Å². The number of likely N-dealkylation sites (tertiary alicyclic amines) is 1. The topological polar surface area (TPSA) is 72.7 Å². The van der Waals surface area contributed by atoms with Gasteiger partial charge in [-0.25, -0.2) is 4.79 Å². The van der Waals surface area contributed by atoms with Gasteiger partial charge in [0.15, 0.2) is 0 Å². The van der Waals surface area contributed by atoms with Crippen LogP contribution in [-0.2, 0) is 4.74 Å². The average molecular weight is 258 g/mol. The highest BCUT2D eigenvalue weighted by Gasteiger charge is 2.27. The number of nitrogens with zero attached hydrogens (tertiary/aromatic N) is 2. The summed E-state index contributed by atoms with van der Waals surface area (Å²) in [5.74, 6) is 0.356. The molecule has 0 bridgehead atoms. The minimum atomic E-state index is -0.473. The van der Waals surface area contributed by atoms with Crippen LogP contribution in [0.5, 0.6) is 0 Å². The molecule has 104 valence electrons. The summed E-state index contributed by atoms with van der Waals surface area (Å²) < 4.78 is 5.29. The average Bonchev–Trinajstić information content (AvgIpc) is 2.24. The first-order chi connectivity index (χ1) is 8.28. The molecular formula is C12H22N2O4. The fourth-order valence-electron chi connectivity index (χ4n) is 2.02. The van der Waals surface area contributed by atoms with Gasteiger partial charge in [0.25, 0.3) is 0 Å². The molecule has 6 nitrogen and oxygen atoms in total.